The molecule has 0 fully saturated rings. The van der Waals surface area contributed by atoms with Crippen molar-refractivity contribution in [2.45, 2.75) is 19.4 Å². The van der Waals surface area contributed by atoms with Gasteiger partial charge in [0.15, 0.2) is 0 Å². The topological polar surface area (TPSA) is 87.7 Å². The first kappa shape index (κ1) is 25.3. The van der Waals surface area contributed by atoms with E-state index in [0.717, 1.165) is 0 Å². The monoisotopic (exact) mass is 523 g/mol. The van der Waals surface area contributed by atoms with Gasteiger partial charge in [0.05, 0.1) is 24.4 Å². The van der Waals surface area contributed by atoms with Crippen molar-refractivity contribution in [3.63, 3.8) is 0 Å². The second-order valence-corrected chi connectivity index (χ2v) is 8.78. The summed E-state index contributed by atoms with van der Waals surface area (Å²) in [5.41, 5.74) is 2.12. The Morgan fingerprint density at radius 2 is 1.83 bits per heavy atom. The van der Waals surface area contributed by atoms with E-state index < -0.39 is 23.8 Å². The lowest BCUT2D eigenvalue weighted by molar-refractivity contribution is -0.124. The van der Waals surface area contributed by atoms with Gasteiger partial charge in [-0.1, -0.05) is 41.4 Å². The Kier molecular flexibility index (Phi) is 7.93. The summed E-state index contributed by atoms with van der Waals surface area (Å²) in [4.78, 5) is 40.5. The fourth-order valence-corrected chi connectivity index (χ4v) is 4.29. The second-order valence-electron chi connectivity index (χ2n) is 7.94. The molecule has 36 heavy (non-hydrogen) atoms. The van der Waals surface area contributed by atoms with Crippen molar-refractivity contribution in [3.8, 4) is 5.75 Å². The third-order valence-electron chi connectivity index (χ3n) is 5.47. The van der Waals surface area contributed by atoms with Gasteiger partial charge in [-0.15, -0.1) is 0 Å². The summed E-state index contributed by atoms with van der Waals surface area (Å²) >= 11 is 12.2. The van der Waals surface area contributed by atoms with Gasteiger partial charge in [-0.05, 0) is 67.1 Å². The SMILES string of the molecule is CCOc1ccc(NC(=O)C[C@H]2C(=O)Nc3ccccc3N2C(=O)/C=C/c2ccc(Cl)cc2Cl)cc1. The minimum Gasteiger partial charge on any atom is -0.494 e. The number of amides is 3. The molecule has 1 atom stereocenters. The number of ether oxygens (including phenoxy) is 1. The predicted octanol–water partition coefficient (Wildman–Crippen LogP) is 5.79. The van der Waals surface area contributed by atoms with Crippen molar-refractivity contribution >= 4 is 64.1 Å². The van der Waals surface area contributed by atoms with Crippen LogP contribution in [0.25, 0.3) is 6.08 Å². The van der Waals surface area contributed by atoms with Crippen LogP contribution in [0.3, 0.4) is 0 Å². The fraction of sp³-hybridized carbons (Fsp3) is 0.148. The average molecular weight is 524 g/mol. The summed E-state index contributed by atoms with van der Waals surface area (Å²) in [6.07, 6.45) is 2.63. The van der Waals surface area contributed by atoms with Crippen molar-refractivity contribution in [2.75, 3.05) is 22.1 Å². The van der Waals surface area contributed by atoms with E-state index in [4.69, 9.17) is 27.9 Å². The van der Waals surface area contributed by atoms with Crippen LogP contribution in [0.2, 0.25) is 10.0 Å². The first-order valence-corrected chi connectivity index (χ1v) is 12.0. The van der Waals surface area contributed by atoms with E-state index in [2.05, 4.69) is 10.6 Å². The van der Waals surface area contributed by atoms with Gasteiger partial charge in [0.2, 0.25) is 11.8 Å². The van der Waals surface area contributed by atoms with E-state index in [1.807, 2.05) is 6.92 Å². The van der Waals surface area contributed by atoms with Gasteiger partial charge < -0.3 is 15.4 Å². The smallest absolute Gasteiger partial charge is 0.251 e. The minimum absolute atomic E-state index is 0.241. The molecule has 3 aromatic rings. The van der Waals surface area contributed by atoms with E-state index in [1.165, 1.54) is 11.0 Å². The lowest BCUT2D eigenvalue weighted by Gasteiger charge is -2.35. The minimum atomic E-state index is -1.06. The van der Waals surface area contributed by atoms with Gasteiger partial charge in [0, 0.05) is 21.8 Å². The summed E-state index contributed by atoms with van der Waals surface area (Å²) in [6, 6.07) is 17.7. The first-order valence-electron chi connectivity index (χ1n) is 11.2. The lowest BCUT2D eigenvalue weighted by atomic mass is 10.0. The second kappa shape index (κ2) is 11.3. The van der Waals surface area contributed by atoms with E-state index in [-0.39, 0.29) is 6.42 Å². The zero-order chi connectivity index (χ0) is 25.7. The van der Waals surface area contributed by atoms with Crippen LogP contribution in [0.4, 0.5) is 17.1 Å². The molecule has 0 saturated heterocycles. The Hall–Kier alpha value is -3.81. The summed E-state index contributed by atoms with van der Waals surface area (Å²) in [5, 5.41) is 6.42. The molecule has 0 spiro atoms. The van der Waals surface area contributed by atoms with Crippen LogP contribution >= 0.6 is 23.2 Å². The number of para-hydroxylation sites is 2. The third-order valence-corrected chi connectivity index (χ3v) is 6.03. The maximum atomic E-state index is 13.4. The zero-order valence-electron chi connectivity index (χ0n) is 19.3. The van der Waals surface area contributed by atoms with Crippen LogP contribution in [-0.2, 0) is 14.4 Å². The van der Waals surface area contributed by atoms with Crippen molar-refractivity contribution in [3.05, 3.63) is 88.4 Å². The zero-order valence-corrected chi connectivity index (χ0v) is 20.8. The molecule has 4 rings (SSSR count). The molecule has 2 N–H and O–H groups in total. The normalized spacial score (nSPS) is 14.8. The van der Waals surface area contributed by atoms with E-state index >= 15 is 0 Å². The Morgan fingerprint density at radius 3 is 2.56 bits per heavy atom. The molecule has 3 amide bonds. The Balaban J connectivity index is 1.56. The average Bonchev–Trinajstić information content (AvgIpc) is 2.85. The highest BCUT2D eigenvalue weighted by atomic mass is 35.5. The molecule has 0 saturated carbocycles. The highest BCUT2D eigenvalue weighted by molar-refractivity contribution is 6.35. The van der Waals surface area contributed by atoms with Gasteiger partial charge >= 0.3 is 0 Å². The van der Waals surface area contributed by atoms with Crippen LogP contribution in [-0.4, -0.2) is 30.4 Å². The number of nitrogens with zero attached hydrogens (tertiary/aromatic N) is 1. The molecule has 1 aliphatic heterocycles. The summed E-state index contributed by atoms with van der Waals surface area (Å²) in [6.45, 7) is 2.42. The summed E-state index contributed by atoms with van der Waals surface area (Å²) < 4.78 is 5.41. The number of hydrogen-bond donors (Lipinski definition) is 2. The number of halogens is 2. The van der Waals surface area contributed by atoms with E-state index in [1.54, 1.807) is 72.8 Å². The molecule has 3 aromatic carbocycles. The van der Waals surface area contributed by atoms with Crippen LogP contribution in [0.5, 0.6) is 5.75 Å². The predicted molar refractivity (Wildman–Crippen MR) is 143 cm³/mol. The van der Waals surface area contributed by atoms with Gasteiger partial charge in [-0.2, -0.15) is 0 Å². The summed E-state index contributed by atoms with van der Waals surface area (Å²) in [7, 11) is 0. The van der Waals surface area contributed by atoms with Crippen LogP contribution < -0.4 is 20.3 Å². The van der Waals surface area contributed by atoms with Gasteiger partial charge in [0.25, 0.3) is 5.91 Å². The fourth-order valence-electron chi connectivity index (χ4n) is 3.81. The Labute approximate surface area is 218 Å². The van der Waals surface area contributed by atoms with Crippen LogP contribution in [0.15, 0.2) is 72.8 Å². The molecule has 7 nitrogen and oxygen atoms in total. The van der Waals surface area contributed by atoms with E-state index in [9.17, 15) is 14.4 Å². The van der Waals surface area contributed by atoms with Crippen molar-refractivity contribution in [1.29, 1.82) is 0 Å². The molecule has 0 radical (unpaired) electrons. The lowest BCUT2D eigenvalue weighted by Crippen LogP contribution is -2.52. The molecule has 184 valence electrons. The van der Waals surface area contributed by atoms with Crippen LogP contribution in [0.1, 0.15) is 18.9 Å². The third kappa shape index (κ3) is 5.87. The van der Waals surface area contributed by atoms with E-state index in [0.29, 0.717) is 45.0 Å². The number of nitrogens with one attached hydrogen (secondary N) is 2. The standard InChI is InChI=1S/C27H23Cl2N3O4/c1-2-36-20-12-10-19(11-13-20)30-25(33)16-24-27(35)31-22-5-3-4-6-23(22)32(24)26(34)14-8-17-7-9-18(28)15-21(17)29/h3-15,24H,2,16H2,1H3,(H,30,33)(H,31,35)/b14-8+/t24-/m0/s1. The molecule has 1 heterocycles. The summed E-state index contributed by atoms with van der Waals surface area (Å²) in [5.74, 6) is -0.659. The molecule has 0 aliphatic carbocycles. The Bertz CT molecular complexity index is 1320. The Morgan fingerprint density at radius 1 is 1.08 bits per heavy atom. The number of carbonyl (C=O) groups is 3. The molecular weight excluding hydrogens is 501 g/mol. The van der Waals surface area contributed by atoms with Crippen molar-refractivity contribution in [2.24, 2.45) is 0 Å². The highest BCUT2D eigenvalue weighted by Gasteiger charge is 2.37. The van der Waals surface area contributed by atoms with Crippen molar-refractivity contribution < 1.29 is 19.1 Å². The molecular formula is C27H23Cl2N3O4. The molecule has 1 aliphatic rings. The number of rotatable bonds is 7. The number of benzene rings is 3. The van der Waals surface area contributed by atoms with Gasteiger partial charge in [-0.25, -0.2) is 0 Å². The van der Waals surface area contributed by atoms with Crippen molar-refractivity contribution in [1.82, 2.24) is 0 Å². The van der Waals surface area contributed by atoms with Crippen LogP contribution in [0, 0.1) is 0 Å². The number of fused-ring (bicyclic) bond motifs is 1. The van der Waals surface area contributed by atoms with Gasteiger partial charge in [-0.3, -0.25) is 19.3 Å². The molecule has 0 unspecified atom stereocenters. The molecule has 0 bridgehead atoms. The maximum Gasteiger partial charge on any atom is 0.251 e. The highest BCUT2D eigenvalue weighted by Crippen LogP contribution is 2.33. The number of anilines is 3. The largest absolute Gasteiger partial charge is 0.494 e. The first-order chi connectivity index (χ1) is 17.4. The van der Waals surface area contributed by atoms with Gasteiger partial charge in [0.1, 0.15) is 11.8 Å². The molecule has 0 aromatic heterocycles. The number of carbonyl (C=O) groups excluding carboxylic acids is 3. The quantitative estimate of drug-likeness (QED) is 0.383. The number of hydrogen-bond acceptors (Lipinski definition) is 4. The molecule has 9 heteroatoms. The maximum absolute atomic E-state index is 13.4.